The first-order valence-corrected chi connectivity index (χ1v) is 7.08. The van der Waals surface area contributed by atoms with Gasteiger partial charge in [0.15, 0.2) is 5.43 Å². The lowest BCUT2D eigenvalue weighted by atomic mass is 10.1. The number of benzene rings is 2. The van der Waals surface area contributed by atoms with Crippen LogP contribution in [0.25, 0.3) is 17.0 Å². The number of rotatable bonds is 3. The van der Waals surface area contributed by atoms with E-state index in [2.05, 4.69) is 4.98 Å². The van der Waals surface area contributed by atoms with E-state index in [-0.39, 0.29) is 5.43 Å². The number of aromatic nitrogens is 1. The van der Waals surface area contributed by atoms with E-state index in [9.17, 15) is 4.79 Å². The van der Waals surface area contributed by atoms with E-state index in [0.29, 0.717) is 6.42 Å². The summed E-state index contributed by atoms with van der Waals surface area (Å²) in [6.07, 6.45) is 4.73. The first-order valence-electron chi connectivity index (χ1n) is 7.08. The average molecular weight is 275 g/mol. The van der Waals surface area contributed by atoms with E-state index < -0.39 is 0 Å². The molecule has 2 nitrogen and oxygen atoms in total. The minimum absolute atomic E-state index is 0.125. The Morgan fingerprint density at radius 3 is 2.52 bits per heavy atom. The van der Waals surface area contributed by atoms with Crippen molar-refractivity contribution in [2.24, 2.45) is 0 Å². The van der Waals surface area contributed by atoms with Crippen LogP contribution in [0.2, 0.25) is 0 Å². The van der Waals surface area contributed by atoms with E-state index in [4.69, 9.17) is 0 Å². The Balaban J connectivity index is 1.94. The second-order valence-electron chi connectivity index (χ2n) is 5.12. The zero-order valence-electron chi connectivity index (χ0n) is 12.0. The molecule has 3 rings (SSSR count). The molecule has 0 atom stereocenters. The molecule has 0 saturated carbocycles. The number of hydrogen-bond acceptors (Lipinski definition) is 1. The quantitative estimate of drug-likeness (QED) is 0.767. The number of aromatic amines is 1. The van der Waals surface area contributed by atoms with Gasteiger partial charge in [0.2, 0.25) is 0 Å². The van der Waals surface area contributed by atoms with Crippen molar-refractivity contribution in [2.75, 3.05) is 0 Å². The Kier molecular flexibility index (Phi) is 3.69. The Morgan fingerprint density at radius 2 is 1.71 bits per heavy atom. The summed E-state index contributed by atoms with van der Waals surface area (Å²) in [5.41, 5.74) is 3.94. The summed E-state index contributed by atoms with van der Waals surface area (Å²) in [6.45, 7) is 1.96. The third kappa shape index (κ3) is 2.79. The summed E-state index contributed by atoms with van der Waals surface area (Å²) in [5, 5.41) is 0.756. The summed E-state index contributed by atoms with van der Waals surface area (Å²) in [5.74, 6) is 0. The monoisotopic (exact) mass is 275 g/mol. The molecular formula is C19H17NO. The molecule has 21 heavy (non-hydrogen) atoms. The minimum atomic E-state index is 0.125. The van der Waals surface area contributed by atoms with Gasteiger partial charge in [-0.15, -0.1) is 0 Å². The van der Waals surface area contributed by atoms with Gasteiger partial charge < -0.3 is 4.98 Å². The van der Waals surface area contributed by atoms with Crippen LogP contribution in [-0.4, -0.2) is 4.98 Å². The van der Waals surface area contributed by atoms with Gasteiger partial charge in [-0.05, 0) is 31.0 Å². The van der Waals surface area contributed by atoms with Crippen molar-refractivity contribution in [3.63, 3.8) is 0 Å². The molecule has 0 amide bonds. The Morgan fingerprint density at radius 1 is 1.00 bits per heavy atom. The second kappa shape index (κ2) is 5.80. The number of fused-ring (bicyclic) bond motifs is 1. The topological polar surface area (TPSA) is 32.9 Å². The van der Waals surface area contributed by atoms with Crippen LogP contribution >= 0.6 is 0 Å². The van der Waals surface area contributed by atoms with E-state index >= 15 is 0 Å². The summed E-state index contributed by atoms with van der Waals surface area (Å²) >= 11 is 0. The fourth-order valence-corrected chi connectivity index (χ4v) is 2.52. The number of pyridine rings is 1. The highest BCUT2D eigenvalue weighted by Crippen LogP contribution is 2.12. The van der Waals surface area contributed by atoms with Crippen LogP contribution in [0.3, 0.4) is 0 Å². The molecule has 0 saturated heterocycles. The SMILES string of the molecule is Cc1[nH]c2ccccc2c(=O)c1C/C=C/c1ccccc1. The highest BCUT2D eigenvalue weighted by atomic mass is 16.1. The highest BCUT2D eigenvalue weighted by Gasteiger charge is 2.07. The first kappa shape index (κ1) is 13.4. The van der Waals surface area contributed by atoms with Gasteiger partial charge in [0, 0.05) is 22.2 Å². The van der Waals surface area contributed by atoms with Crippen molar-refractivity contribution < 1.29 is 0 Å². The molecule has 1 N–H and O–H groups in total. The van der Waals surface area contributed by atoms with Crippen LogP contribution < -0.4 is 5.43 Å². The maximum Gasteiger partial charge on any atom is 0.193 e. The maximum atomic E-state index is 12.5. The van der Waals surface area contributed by atoms with Crippen molar-refractivity contribution in [3.8, 4) is 0 Å². The van der Waals surface area contributed by atoms with E-state index in [1.807, 2.05) is 73.7 Å². The molecule has 0 bridgehead atoms. The summed E-state index contributed by atoms with van der Waals surface area (Å²) in [4.78, 5) is 15.9. The van der Waals surface area contributed by atoms with E-state index in [1.165, 1.54) is 0 Å². The summed E-state index contributed by atoms with van der Waals surface area (Å²) < 4.78 is 0. The predicted molar refractivity (Wildman–Crippen MR) is 88.5 cm³/mol. The lowest BCUT2D eigenvalue weighted by Gasteiger charge is -2.06. The fraction of sp³-hybridized carbons (Fsp3) is 0.105. The van der Waals surface area contributed by atoms with Crippen LogP contribution in [0.4, 0.5) is 0 Å². The van der Waals surface area contributed by atoms with Crippen molar-refractivity contribution >= 4 is 17.0 Å². The van der Waals surface area contributed by atoms with Gasteiger partial charge in [-0.25, -0.2) is 0 Å². The number of allylic oxidation sites excluding steroid dienone is 1. The molecule has 0 unspecified atom stereocenters. The lowest BCUT2D eigenvalue weighted by Crippen LogP contribution is -2.12. The van der Waals surface area contributed by atoms with Gasteiger partial charge in [-0.1, -0.05) is 54.6 Å². The van der Waals surface area contributed by atoms with Gasteiger partial charge in [0.25, 0.3) is 0 Å². The van der Waals surface area contributed by atoms with Gasteiger partial charge in [0.1, 0.15) is 0 Å². The second-order valence-corrected chi connectivity index (χ2v) is 5.12. The lowest BCUT2D eigenvalue weighted by molar-refractivity contribution is 1.12. The standard InChI is InChI=1S/C19H17NO/c1-14-16(12-7-10-15-8-3-2-4-9-15)19(21)17-11-5-6-13-18(17)20-14/h2-11,13H,12H2,1H3,(H,20,21)/b10-7+. The zero-order chi connectivity index (χ0) is 14.7. The molecule has 0 radical (unpaired) electrons. The van der Waals surface area contributed by atoms with Crippen molar-refractivity contribution in [2.45, 2.75) is 13.3 Å². The van der Waals surface area contributed by atoms with Crippen molar-refractivity contribution in [1.29, 1.82) is 0 Å². The summed E-state index contributed by atoms with van der Waals surface area (Å²) in [6, 6.07) is 17.8. The number of H-pyrrole nitrogens is 1. The molecule has 0 aliphatic heterocycles. The van der Waals surface area contributed by atoms with E-state index in [0.717, 1.165) is 27.7 Å². The third-order valence-corrected chi connectivity index (χ3v) is 3.65. The number of nitrogens with one attached hydrogen (secondary N) is 1. The average Bonchev–Trinajstić information content (AvgIpc) is 2.51. The van der Waals surface area contributed by atoms with Crippen molar-refractivity contribution in [1.82, 2.24) is 4.98 Å². The zero-order valence-corrected chi connectivity index (χ0v) is 12.0. The molecule has 2 heteroatoms. The van der Waals surface area contributed by atoms with Gasteiger partial charge in [-0.2, -0.15) is 0 Å². The molecule has 2 aromatic carbocycles. The van der Waals surface area contributed by atoms with Crippen LogP contribution in [0.1, 0.15) is 16.8 Å². The van der Waals surface area contributed by atoms with Crippen LogP contribution in [-0.2, 0) is 6.42 Å². The molecule has 0 aliphatic rings. The molecule has 0 aliphatic carbocycles. The number of hydrogen-bond donors (Lipinski definition) is 1. The molecular weight excluding hydrogens is 258 g/mol. The maximum absolute atomic E-state index is 12.5. The van der Waals surface area contributed by atoms with Crippen molar-refractivity contribution in [3.05, 3.63) is 87.7 Å². The van der Waals surface area contributed by atoms with Gasteiger partial charge >= 0.3 is 0 Å². The van der Waals surface area contributed by atoms with Crippen LogP contribution in [0.5, 0.6) is 0 Å². The molecule has 1 heterocycles. The van der Waals surface area contributed by atoms with Crippen LogP contribution in [0.15, 0.2) is 65.5 Å². The third-order valence-electron chi connectivity index (χ3n) is 3.65. The molecule has 104 valence electrons. The Labute approximate surface area is 123 Å². The minimum Gasteiger partial charge on any atom is -0.358 e. The molecule has 1 aromatic heterocycles. The van der Waals surface area contributed by atoms with Crippen LogP contribution in [0, 0.1) is 6.92 Å². The Bertz CT molecular complexity index is 844. The fourth-order valence-electron chi connectivity index (χ4n) is 2.52. The van der Waals surface area contributed by atoms with Gasteiger partial charge in [-0.3, -0.25) is 4.79 Å². The summed E-state index contributed by atoms with van der Waals surface area (Å²) in [7, 11) is 0. The number of para-hydroxylation sites is 1. The van der Waals surface area contributed by atoms with E-state index in [1.54, 1.807) is 0 Å². The molecule has 3 aromatic rings. The molecule has 0 fully saturated rings. The number of aryl methyl sites for hydroxylation is 1. The largest absolute Gasteiger partial charge is 0.358 e. The first-order chi connectivity index (χ1) is 10.3. The van der Waals surface area contributed by atoms with Gasteiger partial charge in [0.05, 0.1) is 0 Å². The smallest absolute Gasteiger partial charge is 0.193 e. The molecule has 0 spiro atoms. The normalized spacial score (nSPS) is 11.3. The Hall–Kier alpha value is -2.61. The predicted octanol–water partition coefficient (Wildman–Crippen LogP) is 4.09. The highest BCUT2D eigenvalue weighted by molar-refractivity contribution is 5.79.